The molecule has 0 aromatic heterocycles. The van der Waals surface area contributed by atoms with E-state index in [1.165, 1.54) is 0 Å². The van der Waals surface area contributed by atoms with Gasteiger partial charge in [0.05, 0.1) is 13.1 Å². The van der Waals surface area contributed by atoms with Crippen molar-refractivity contribution >= 4 is 11.8 Å². The van der Waals surface area contributed by atoms with Crippen LogP contribution in [-0.4, -0.2) is 60.9 Å². The van der Waals surface area contributed by atoms with Gasteiger partial charge in [-0.3, -0.25) is 14.5 Å². The van der Waals surface area contributed by atoms with Crippen molar-refractivity contribution in [2.45, 2.75) is 6.54 Å². The number of piperazine rings is 1. The van der Waals surface area contributed by atoms with Crippen molar-refractivity contribution in [2.24, 2.45) is 5.73 Å². The van der Waals surface area contributed by atoms with E-state index >= 15 is 0 Å². The highest BCUT2D eigenvalue weighted by molar-refractivity contribution is 5.79. The van der Waals surface area contributed by atoms with Crippen LogP contribution in [0, 0.1) is 0 Å². The van der Waals surface area contributed by atoms with Crippen LogP contribution < -0.4 is 11.1 Å². The average molecular weight is 290 g/mol. The predicted molar refractivity (Wildman–Crippen MR) is 80.4 cm³/mol. The molecule has 0 atom stereocenters. The third-order valence-corrected chi connectivity index (χ3v) is 3.60. The van der Waals surface area contributed by atoms with Gasteiger partial charge in [-0.2, -0.15) is 0 Å². The number of rotatable bonds is 5. The molecule has 0 unspecified atom stereocenters. The van der Waals surface area contributed by atoms with Gasteiger partial charge in [0.2, 0.25) is 11.8 Å². The fraction of sp³-hybridized carbons (Fsp3) is 0.467. The van der Waals surface area contributed by atoms with Crippen LogP contribution >= 0.6 is 0 Å². The molecule has 1 heterocycles. The van der Waals surface area contributed by atoms with Crippen molar-refractivity contribution in [3.05, 3.63) is 35.9 Å². The van der Waals surface area contributed by atoms with E-state index in [1.54, 1.807) is 4.90 Å². The molecular weight excluding hydrogens is 268 g/mol. The number of nitrogens with one attached hydrogen (secondary N) is 1. The highest BCUT2D eigenvalue weighted by Crippen LogP contribution is 2.02. The van der Waals surface area contributed by atoms with Crippen LogP contribution in [0.5, 0.6) is 0 Å². The van der Waals surface area contributed by atoms with Crippen molar-refractivity contribution in [1.29, 1.82) is 0 Å². The maximum atomic E-state index is 11.9. The molecular formula is C15H22N4O2. The Bertz CT molecular complexity index is 470. The molecule has 2 amide bonds. The third-order valence-electron chi connectivity index (χ3n) is 3.60. The van der Waals surface area contributed by atoms with E-state index in [1.807, 2.05) is 30.3 Å². The van der Waals surface area contributed by atoms with Gasteiger partial charge in [0.1, 0.15) is 0 Å². The number of hydrogen-bond acceptors (Lipinski definition) is 4. The molecule has 0 radical (unpaired) electrons. The Hall–Kier alpha value is -1.92. The van der Waals surface area contributed by atoms with Gasteiger partial charge in [-0.1, -0.05) is 30.3 Å². The molecule has 3 N–H and O–H groups in total. The normalized spacial score (nSPS) is 15.8. The minimum absolute atomic E-state index is 0.0115. The number of nitrogens with zero attached hydrogens (tertiary/aromatic N) is 2. The van der Waals surface area contributed by atoms with Crippen molar-refractivity contribution in [3.8, 4) is 0 Å². The Morgan fingerprint density at radius 1 is 1.10 bits per heavy atom. The number of carbonyl (C=O) groups excluding carboxylic acids is 2. The Kier molecular flexibility index (Phi) is 5.71. The van der Waals surface area contributed by atoms with Gasteiger partial charge in [-0.05, 0) is 5.56 Å². The molecule has 1 aliphatic heterocycles. The van der Waals surface area contributed by atoms with E-state index in [0.29, 0.717) is 39.3 Å². The highest BCUT2D eigenvalue weighted by atomic mass is 16.2. The van der Waals surface area contributed by atoms with Crippen molar-refractivity contribution in [2.75, 3.05) is 39.3 Å². The van der Waals surface area contributed by atoms with Gasteiger partial charge < -0.3 is 16.0 Å². The van der Waals surface area contributed by atoms with Gasteiger partial charge in [-0.25, -0.2) is 0 Å². The van der Waals surface area contributed by atoms with E-state index < -0.39 is 0 Å². The summed E-state index contributed by atoms with van der Waals surface area (Å²) < 4.78 is 0. The van der Waals surface area contributed by atoms with Crippen molar-refractivity contribution in [3.63, 3.8) is 0 Å². The molecule has 0 saturated carbocycles. The van der Waals surface area contributed by atoms with E-state index in [4.69, 9.17) is 5.73 Å². The lowest BCUT2D eigenvalue weighted by Gasteiger charge is -2.34. The summed E-state index contributed by atoms with van der Waals surface area (Å²) in [7, 11) is 0. The van der Waals surface area contributed by atoms with E-state index in [-0.39, 0.29) is 18.4 Å². The molecule has 114 valence electrons. The fourth-order valence-electron chi connectivity index (χ4n) is 2.34. The second kappa shape index (κ2) is 7.75. The summed E-state index contributed by atoms with van der Waals surface area (Å²) in [6.07, 6.45) is 0. The van der Waals surface area contributed by atoms with E-state index in [2.05, 4.69) is 10.2 Å². The molecule has 1 aliphatic rings. The first-order chi connectivity index (χ1) is 10.2. The first-order valence-electron chi connectivity index (χ1n) is 7.20. The van der Waals surface area contributed by atoms with Crippen LogP contribution in [0.3, 0.4) is 0 Å². The summed E-state index contributed by atoms with van der Waals surface area (Å²) in [5.74, 6) is -0.0133. The standard InChI is InChI=1S/C15H22N4O2/c16-10-15(21)19-8-6-18(7-9-19)12-14(20)17-11-13-4-2-1-3-5-13/h1-5H,6-12,16H2,(H,17,20). The van der Waals surface area contributed by atoms with Gasteiger partial charge in [0.15, 0.2) is 0 Å². The number of amides is 2. The monoisotopic (exact) mass is 290 g/mol. The summed E-state index contributed by atoms with van der Waals surface area (Å²) in [6, 6.07) is 9.83. The topological polar surface area (TPSA) is 78.7 Å². The Morgan fingerprint density at radius 3 is 2.38 bits per heavy atom. The maximum absolute atomic E-state index is 11.9. The van der Waals surface area contributed by atoms with Crippen LogP contribution in [0.1, 0.15) is 5.56 Å². The molecule has 1 saturated heterocycles. The zero-order valence-corrected chi connectivity index (χ0v) is 12.1. The largest absolute Gasteiger partial charge is 0.351 e. The fourth-order valence-corrected chi connectivity index (χ4v) is 2.34. The molecule has 2 rings (SSSR count). The summed E-state index contributed by atoms with van der Waals surface area (Å²) in [5, 5.41) is 2.91. The average Bonchev–Trinajstić information content (AvgIpc) is 2.54. The number of nitrogens with two attached hydrogens (primary N) is 1. The van der Waals surface area contributed by atoms with Crippen molar-refractivity contribution < 1.29 is 9.59 Å². The summed E-state index contributed by atoms with van der Waals surface area (Å²) in [6.45, 7) is 3.68. The molecule has 21 heavy (non-hydrogen) atoms. The highest BCUT2D eigenvalue weighted by Gasteiger charge is 2.21. The lowest BCUT2D eigenvalue weighted by Crippen LogP contribution is -2.52. The molecule has 6 nitrogen and oxygen atoms in total. The molecule has 1 fully saturated rings. The zero-order chi connectivity index (χ0) is 15.1. The van der Waals surface area contributed by atoms with Crippen LogP contribution in [0.2, 0.25) is 0 Å². The van der Waals surface area contributed by atoms with E-state index in [9.17, 15) is 9.59 Å². The van der Waals surface area contributed by atoms with Gasteiger partial charge >= 0.3 is 0 Å². The molecule has 0 spiro atoms. The summed E-state index contributed by atoms with van der Waals surface area (Å²) in [4.78, 5) is 27.2. The Labute approximate surface area is 124 Å². The first kappa shape index (κ1) is 15.5. The quantitative estimate of drug-likeness (QED) is 0.759. The minimum atomic E-state index is -0.0248. The molecule has 1 aromatic carbocycles. The smallest absolute Gasteiger partial charge is 0.236 e. The SMILES string of the molecule is NCC(=O)N1CCN(CC(=O)NCc2ccccc2)CC1. The molecule has 1 aromatic rings. The van der Waals surface area contributed by atoms with Gasteiger partial charge in [0.25, 0.3) is 0 Å². The lowest BCUT2D eigenvalue weighted by molar-refractivity contribution is -0.131. The number of carbonyl (C=O) groups is 2. The Morgan fingerprint density at radius 2 is 1.76 bits per heavy atom. The number of hydrogen-bond donors (Lipinski definition) is 2. The predicted octanol–water partition coefficient (Wildman–Crippen LogP) is -0.594. The maximum Gasteiger partial charge on any atom is 0.236 e. The lowest BCUT2D eigenvalue weighted by atomic mass is 10.2. The third kappa shape index (κ3) is 4.84. The van der Waals surface area contributed by atoms with Gasteiger partial charge in [0, 0.05) is 32.7 Å². The number of benzene rings is 1. The van der Waals surface area contributed by atoms with Gasteiger partial charge in [-0.15, -0.1) is 0 Å². The second-order valence-corrected chi connectivity index (χ2v) is 5.12. The van der Waals surface area contributed by atoms with Crippen LogP contribution in [0.25, 0.3) is 0 Å². The van der Waals surface area contributed by atoms with E-state index in [0.717, 1.165) is 5.56 Å². The molecule has 0 aliphatic carbocycles. The Balaban J connectivity index is 1.68. The van der Waals surface area contributed by atoms with Crippen LogP contribution in [0.4, 0.5) is 0 Å². The first-order valence-corrected chi connectivity index (χ1v) is 7.20. The summed E-state index contributed by atoms with van der Waals surface area (Å²) >= 11 is 0. The summed E-state index contributed by atoms with van der Waals surface area (Å²) in [5.41, 5.74) is 6.43. The zero-order valence-electron chi connectivity index (χ0n) is 12.1. The molecule has 6 heteroatoms. The second-order valence-electron chi connectivity index (χ2n) is 5.12. The molecule has 0 bridgehead atoms. The minimum Gasteiger partial charge on any atom is -0.351 e. The van der Waals surface area contributed by atoms with Crippen LogP contribution in [0.15, 0.2) is 30.3 Å². The van der Waals surface area contributed by atoms with Crippen molar-refractivity contribution in [1.82, 2.24) is 15.1 Å². The van der Waals surface area contributed by atoms with Crippen LogP contribution in [-0.2, 0) is 16.1 Å².